The number of nitrogens with zero attached hydrogens (tertiary/aromatic N) is 3. The van der Waals surface area contributed by atoms with Gasteiger partial charge in [0.25, 0.3) is 0 Å². The first kappa shape index (κ1) is 26.9. The van der Waals surface area contributed by atoms with Gasteiger partial charge in [-0.25, -0.2) is 15.0 Å². The van der Waals surface area contributed by atoms with E-state index in [4.69, 9.17) is 24.4 Å². The van der Waals surface area contributed by atoms with Crippen molar-refractivity contribution in [3.8, 4) is 0 Å². The predicted octanol–water partition coefficient (Wildman–Crippen LogP) is -1.53. The van der Waals surface area contributed by atoms with Crippen LogP contribution in [0, 0.1) is 0 Å². The topological polar surface area (TPSA) is 56.1 Å². The third-order valence-corrected chi connectivity index (χ3v) is 5.66. The van der Waals surface area contributed by atoms with Crippen LogP contribution in [-0.2, 0) is 37.6 Å². The van der Waals surface area contributed by atoms with Crippen LogP contribution in [0.2, 0.25) is 0 Å². The van der Waals surface area contributed by atoms with Crippen molar-refractivity contribution in [1.82, 2.24) is 4.98 Å². The molecule has 0 N–H and O–H groups in total. The molecule has 1 aromatic heterocycles. The molecule has 0 fully saturated rings. The molecule has 5 nitrogen and oxygen atoms in total. The van der Waals surface area contributed by atoms with Gasteiger partial charge in [0.05, 0.1) is 0 Å². The summed E-state index contributed by atoms with van der Waals surface area (Å²) in [5.41, 5.74) is 2.79. The van der Waals surface area contributed by atoms with Crippen LogP contribution in [0.25, 0.3) is 0 Å². The first-order chi connectivity index (χ1) is 14.6. The monoisotopic (exact) mass is 523 g/mol. The summed E-state index contributed by atoms with van der Waals surface area (Å²) in [4.78, 5) is 14.5. The number of halogens is 2. The molecule has 0 spiro atoms. The van der Waals surface area contributed by atoms with Crippen molar-refractivity contribution in [3.63, 3.8) is 0 Å². The Hall–Kier alpha value is -2.37. The number of rotatable bonds is 4. The average Bonchev–Trinajstić information content (AvgIpc) is 3.40. The van der Waals surface area contributed by atoms with Gasteiger partial charge in [-0.3, -0.25) is 0 Å². The Morgan fingerprint density at radius 3 is 1.39 bits per heavy atom. The van der Waals surface area contributed by atoms with Crippen LogP contribution in [0.4, 0.5) is 0 Å². The standard InChI is InChI=1S/C25H23N3O2.2ClH.Fe/c1-24(18-10-5-3-6-11-18)16-29-22(27-24)20-14-9-15-21(26-20)23-28-25(2,17-30-23)19-12-7-4-8-13-19;;;/h3-15H,16-17H2,1-2H3;2*1H;/q;;;+2/p-2. The molecule has 2 aromatic carbocycles. The van der Waals surface area contributed by atoms with Crippen molar-refractivity contribution in [3.05, 3.63) is 101 Å². The summed E-state index contributed by atoms with van der Waals surface area (Å²) < 4.78 is 11.9. The summed E-state index contributed by atoms with van der Waals surface area (Å²) in [6, 6.07) is 26.1. The number of benzene rings is 2. The van der Waals surface area contributed by atoms with E-state index in [-0.39, 0.29) is 41.9 Å². The molecule has 2 aliphatic rings. The second kappa shape index (κ2) is 10.7. The molecule has 0 saturated carbocycles. The van der Waals surface area contributed by atoms with Crippen LogP contribution in [-0.4, -0.2) is 30.0 Å². The molecule has 0 amide bonds. The third-order valence-electron chi connectivity index (χ3n) is 5.66. The summed E-state index contributed by atoms with van der Waals surface area (Å²) in [5.74, 6) is 1.10. The molecule has 3 heterocycles. The number of hydrogen-bond acceptors (Lipinski definition) is 5. The molecule has 3 aromatic rings. The summed E-state index contributed by atoms with van der Waals surface area (Å²) >= 11 is 0. The van der Waals surface area contributed by atoms with Gasteiger partial charge in [0.2, 0.25) is 11.8 Å². The molecule has 8 heteroatoms. The van der Waals surface area contributed by atoms with Gasteiger partial charge in [0.15, 0.2) is 0 Å². The number of pyridine rings is 1. The minimum atomic E-state index is -0.415. The van der Waals surface area contributed by atoms with Crippen molar-refractivity contribution >= 4 is 11.8 Å². The molecular weight excluding hydrogens is 501 g/mol. The summed E-state index contributed by atoms with van der Waals surface area (Å²) in [6.45, 7) is 5.13. The van der Waals surface area contributed by atoms with Crippen molar-refractivity contribution in [2.75, 3.05) is 13.2 Å². The Kier molecular flexibility index (Phi) is 8.72. The van der Waals surface area contributed by atoms with Crippen LogP contribution in [0.3, 0.4) is 0 Å². The number of ether oxygens (including phenoxy) is 2. The van der Waals surface area contributed by atoms with Gasteiger partial charge in [-0.15, -0.1) is 0 Å². The van der Waals surface area contributed by atoms with E-state index in [1.54, 1.807) is 0 Å². The van der Waals surface area contributed by atoms with E-state index in [0.717, 1.165) is 11.1 Å². The van der Waals surface area contributed by atoms with Crippen LogP contribution in [0.5, 0.6) is 0 Å². The van der Waals surface area contributed by atoms with Crippen molar-refractivity contribution in [2.45, 2.75) is 24.9 Å². The Morgan fingerprint density at radius 1 is 0.606 bits per heavy atom. The molecule has 2 unspecified atom stereocenters. The minimum Gasteiger partial charge on any atom is -1.00 e. The molecule has 172 valence electrons. The molecular formula is C25H23Cl2FeN3O2. The quantitative estimate of drug-likeness (QED) is 0.390. The van der Waals surface area contributed by atoms with Crippen LogP contribution < -0.4 is 24.8 Å². The van der Waals surface area contributed by atoms with E-state index in [2.05, 4.69) is 38.1 Å². The zero-order valence-corrected chi connectivity index (χ0v) is 20.8. The molecule has 0 bridgehead atoms. The molecule has 0 aliphatic carbocycles. The van der Waals surface area contributed by atoms with Crippen molar-refractivity contribution in [1.29, 1.82) is 0 Å². The van der Waals surface area contributed by atoms with E-state index >= 15 is 0 Å². The van der Waals surface area contributed by atoms with E-state index in [1.165, 1.54) is 0 Å². The summed E-state index contributed by atoms with van der Waals surface area (Å²) in [6.07, 6.45) is 0. The SMILES string of the molecule is CC1(c2ccccc2)COC(c2cccc(C3=NC(C)(c4ccccc4)CO3)n2)=N1.[Cl-].[Cl-].[Fe+2]. The molecule has 2 atom stereocenters. The fraction of sp³-hybridized carbons (Fsp3) is 0.240. The first-order valence-electron chi connectivity index (χ1n) is 10.1. The fourth-order valence-corrected chi connectivity index (χ4v) is 3.82. The number of aliphatic imine (C=N–C) groups is 2. The van der Waals surface area contributed by atoms with Crippen LogP contribution in [0.15, 0.2) is 88.8 Å². The molecule has 0 radical (unpaired) electrons. The Labute approximate surface area is 217 Å². The van der Waals surface area contributed by atoms with Gasteiger partial charge in [-0.05, 0) is 37.1 Å². The van der Waals surface area contributed by atoms with E-state index in [0.29, 0.717) is 36.4 Å². The average molecular weight is 524 g/mol. The van der Waals surface area contributed by atoms with Gasteiger partial charge in [-0.2, -0.15) is 0 Å². The van der Waals surface area contributed by atoms with E-state index in [9.17, 15) is 0 Å². The van der Waals surface area contributed by atoms with Crippen LogP contribution in [0.1, 0.15) is 36.4 Å². The normalized spacial score (nSPS) is 23.0. The molecule has 2 aliphatic heterocycles. The van der Waals surface area contributed by atoms with Gasteiger partial charge < -0.3 is 34.3 Å². The fourth-order valence-electron chi connectivity index (χ4n) is 3.82. The largest absolute Gasteiger partial charge is 2.00 e. The maximum Gasteiger partial charge on any atom is 2.00 e. The van der Waals surface area contributed by atoms with Crippen molar-refractivity contribution in [2.24, 2.45) is 9.98 Å². The second-order valence-corrected chi connectivity index (χ2v) is 8.10. The molecule has 0 saturated heterocycles. The van der Waals surface area contributed by atoms with Crippen molar-refractivity contribution < 1.29 is 51.4 Å². The van der Waals surface area contributed by atoms with Gasteiger partial charge in [0, 0.05) is 0 Å². The van der Waals surface area contributed by atoms with E-state index in [1.807, 2.05) is 54.6 Å². The van der Waals surface area contributed by atoms with E-state index < -0.39 is 11.1 Å². The zero-order chi connectivity index (χ0) is 20.6. The first-order valence-corrected chi connectivity index (χ1v) is 10.1. The summed E-state index contributed by atoms with van der Waals surface area (Å²) in [7, 11) is 0. The molecule has 5 rings (SSSR count). The Bertz CT molecular complexity index is 1060. The molecule has 33 heavy (non-hydrogen) atoms. The summed E-state index contributed by atoms with van der Waals surface area (Å²) in [5, 5.41) is 0. The van der Waals surface area contributed by atoms with Gasteiger partial charge >= 0.3 is 17.1 Å². The van der Waals surface area contributed by atoms with Gasteiger partial charge in [-0.1, -0.05) is 66.7 Å². The Morgan fingerprint density at radius 2 is 1.00 bits per heavy atom. The third kappa shape index (κ3) is 5.25. The maximum atomic E-state index is 5.94. The maximum absolute atomic E-state index is 5.94. The van der Waals surface area contributed by atoms with Crippen LogP contribution >= 0.6 is 0 Å². The zero-order valence-electron chi connectivity index (χ0n) is 18.2. The number of aromatic nitrogens is 1. The smallest absolute Gasteiger partial charge is 1.00 e. The minimum absolute atomic E-state index is 0. The predicted molar refractivity (Wildman–Crippen MR) is 117 cm³/mol. The van der Waals surface area contributed by atoms with Gasteiger partial charge in [0.1, 0.15) is 35.7 Å². The number of hydrogen-bond donors (Lipinski definition) is 0. The Balaban J connectivity index is 0.00000128. The second-order valence-electron chi connectivity index (χ2n) is 8.10.